The molecular weight excluding hydrogens is 287 g/mol. The Labute approximate surface area is 119 Å². The quantitative estimate of drug-likeness (QED) is 0.914. The highest BCUT2D eigenvalue weighted by Gasteiger charge is 2.11. The Hall–Kier alpha value is -1.78. The van der Waals surface area contributed by atoms with Gasteiger partial charge in [-0.1, -0.05) is 41.4 Å². The first-order valence-electron chi connectivity index (χ1n) is 5.48. The SMILES string of the molecule is O=C(NCc1ccccc1Cl)c1cc(Cl)c[nH]c1=O. The third-order valence-corrected chi connectivity index (χ3v) is 3.10. The number of nitrogens with one attached hydrogen (secondary N) is 2. The summed E-state index contributed by atoms with van der Waals surface area (Å²) in [6, 6.07) is 8.47. The zero-order valence-electron chi connectivity index (χ0n) is 9.74. The molecule has 0 aliphatic rings. The maximum absolute atomic E-state index is 11.9. The molecule has 0 unspecified atom stereocenters. The standard InChI is InChI=1S/C13H10Cl2N2O2/c14-9-5-10(13(19)17-7-9)12(18)16-6-8-3-1-2-4-11(8)15/h1-5,7H,6H2,(H,16,18)(H,17,19). The lowest BCUT2D eigenvalue weighted by Crippen LogP contribution is -2.29. The van der Waals surface area contributed by atoms with E-state index >= 15 is 0 Å². The van der Waals surface area contributed by atoms with Crippen LogP contribution in [-0.2, 0) is 6.54 Å². The Kier molecular flexibility index (Phi) is 4.24. The number of H-pyrrole nitrogens is 1. The lowest BCUT2D eigenvalue weighted by atomic mass is 10.2. The molecule has 19 heavy (non-hydrogen) atoms. The van der Waals surface area contributed by atoms with E-state index in [9.17, 15) is 9.59 Å². The number of hydrogen-bond acceptors (Lipinski definition) is 2. The van der Waals surface area contributed by atoms with E-state index in [1.54, 1.807) is 18.2 Å². The van der Waals surface area contributed by atoms with Crippen molar-refractivity contribution < 1.29 is 4.79 Å². The van der Waals surface area contributed by atoms with Gasteiger partial charge in [-0.15, -0.1) is 0 Å². The number of benzene rings is 1. The number of amides is 1. The zero-order valence-corrected chi connectivity index (χ0v) is 11.3. The highest BCUT2D eigenvalue weighted by Crippen LogP contribution is 2.14. The van der Waals surface area contributed by atoms with Crippen LogP contribution < -0.4 is 10.9 Å². The summed E-state index contributed by atoms with van der Waals surface area (Å²) in [6.45, 7) is 0.241. The van der Waals surface area contributed by atoms with E-state index in [1.165, 1.54) is 12.3 Å². The van der Waals surface area contributed by atoms with Gasteiger partial charge in [0.15, 0.2) is 0 Å². The van der Waals surface area contributed by atoms with Crippen LogP contribution in [0.5, 0.6) is 0 Å². The summed E-state index contributed by atoms with van der Waals surface area (Å²) < 4.78 is 0. The van der Waals surface area contributed by atoms with Crippen molar-refractivity contribution in [1.29, 1.82) is 0 Å². The lowest BCUT2D eigenvalue weighted by Gasteiger charge is -2.06. The van der Waals surface area contributed by atoms with Gasteiger partial charge < -0.3 is 10.3 Å². The molecule has 0 bridgehead atoms. The van der Waals surface area contributed by atoms with Crippen molar-refractivity contribution in [2.45, 2.75) is 6.54 Å². The van der Waals surface area contributed by atoms with Crippen molar-refractivity contribution in [2.24, 2.45) is 0 Å². The first-order valence-corrected chi connectivity index (χ1v) is 6.23. The molecule has 0 saturated heterocycles. The summed E-state index contributed by atoms with van der Waals surface area (Å²) in [4.78, 5) is 25.7. The van der Waals surface area contributed by atoms with Crippen LogP contribution in [0.3, 0.4) is 0 Å². The highest BCUT2D eigenvalue weighted by molar-refractivity contribution is 6.31. The van der Waals surface area contributed by atoms with Crippen molar-refractivity contribution in [2.75, 3.05) is 0 Å². The third kappa shape index (κ3) is 3.36. The molecule has 0 saturated carbocycles. The number of pyridine rings is 1. The topological polar surface area (TPSA) is 62.0 Å². The molecule has 4 nitrogen and oxygen atoms in total. The molecule has 1 aromatic heterocycles. The van der Waals surface area contributed by atoms with Gasteiger partial charge in [-0.2, -0.15) is 0 Å². The summed E-state index contributed by atoms with van der Waals surface area (Å²) in [7, 11) is 0. The van der Waals surface area contributed by atoms with E-state index in [-0.39, 0.29) is 12.1 Å². The summed E-state index contributed by atoms with van der Waals surface area (Å²) in [6.07, 6.45) is 1.33. The number of rotatable bonds is 3. The van der Waals surface area contributed by atoms with Gasteiger partial charge in [0.2, 0.25) is 0 Å². The van der Waals surface area contributed by atoms with Gasteiger partial charge in [-0.05, 0) is 17.7 Å². The molecule has 0 aliphatic heterocycles. The molecule has 1 heterocycles. The molecule has 1 amide bonds. The lowest BCUT2D eigenvalue weighted by molar-refractivity contribution is 0.0949. The average Bonchev–Trinajstić information content (AvgIpc) is 2.40. The van der Waals surface area contributed by atoms with Gasteiger partial charge in [-0.3, -0.25) is 9.59 Å². The maximum atomic E-state index is 11.9. The third-order valence-electron chi connectivity index (χ3n) is 2.51. The molecule has 0 fully saturated rings. The monoisotopic (exact) mass is 296 g/mol. The fourth-order valence-electron chi connectivity index (χ4n) is 1.54. The first-order chi connectivity index (χ1) is 9.08. The second-order valence-corrected chi connectivity index (χ2v) is 4.68. The molecule has 2 rings (SSSR count). The number of aromatic nitrogens is 1. The van der Waals surface area contributed by atoms with Crippen LogP contribution in [0.4, 0.5) is 0 Å². The molecular formula is C13H10Cl2N2O2. The predicted octanol–water partition coefficient (Wildman–Crippen LogP) is 2.61. The zero-order chi connectivity index (χ0) is 13.8. The molecule has 0 radical (unpaired) electrons. The molecule has 2 aromatic rings. The minimum Gasteiger partial charge on any atom is -0.348 e. The van der Waals surface area contributed by atoms with Crippen molar-refractivity contribution in [3.8, 4) is 0 Å². The number of carbonyl (C=O) groups excluding carboxylic acids is 1. The van der Waals surface area contributed by atoms with Crippen LogP contribution in [-0.4, -0.2) is 10.9 Å². The Balaban J connectivity index is 2.12. The molecule has 6 heteroatoms. The molecule has 1 aromatic carbocycles. The number of aromatic amines is 1. The largest absolute Gasteiger partial charge is 0.348 e. The van der Waals surface area contributed by atoms with Gasteiger partial charge in [0.1, 0.15) is 5.56 Å². The highest BCUT2D eigenvalue weighted by atomic mass is 35.5. The van der Waals surface area contributed by atoms with E-state index in [0.717, 1.165) is 5.56 Å². The van der Waals surface area contributed by atoms with Crippen LogP contribution in [0.2, 0.25) is 10.0 Å². The minimum atomic E-state index is -0.497. The number of hydrogen-bond donors (Lipinski definition) is 2. The maximum Gasteiger partial charge on any atom is 0.260 e. The van der Waals surface area contributed by atoms with Crippen molar-refractivity contribution in [3.05, 3.63) is 68.1 Å². The van der Waals surface area contributed by atoms with Crippen LogP contribution in [0, 0.1) is 0 Å². The predicted molar refractivity (Wildman–Crippen MR) is 74.7 cm³/mol. The van der Waals surface area contributed by atoms with Crippen LogP contribution in [0.1, 0.15) is 15.9 Å². The van der Waals surface area contributed by atoms with Crippen LogP contribution in [0.15, 0.2) is 41.3 Å². The van der Waals surface area contributed by atoms with Crippen molar-refractivity contribution >= 4 is 29.1 Å². The molecule has 0 aliphatic carbocycles. The van der Waals surface area contributed by atoms with E-state index < -0.39 is 11.5 Å². The second-order valence-electron chi connectivity index (χ2n) is 3.83. The van der Waals surface area contributed by atoms with E-state index in [2.05, 4.69) is 10.3 Å². The Morgan fingerprint density at radius 3 is 2.74 bits per heavy atom. The molecule has 2 N–H and O–H groups in total. The van der Waals surface area contributed by atoms with Gasteiger partial charge in [-0.25, -0.2) is 0 Å². The molecule has 0 spiro atoms. The minimum absolute atomic E-state index is 0.0282. The fraction of sp³-hybridized carbons (Fsp3) is 0.0769. The smallest absolute Gasteiger partial charge is 0.260 e. The first kappa shape index (κ1) is 13.6. The Morgan fingerprint density at radius 1 is 1.26 bits per heavy atom. The fourth-order valence-corrected chi connectivity index (χ4v) is 1.90. The normalized spacial score (nSPS) is 10.2. The number of carbonyl (C=O) groups is 1. The summed E-state index contributed by atoms with van der Waals surface area (Å²) in [5.74, 6) is -0.497. The average molecular weight is 297 g/mol. The van der Waals surface area contributed by atoms with Gasteiger partial charge in [0, 0.05) is 17.8 Å². The summed E-state index contributed by atoms with van der Waals surface area (Å²) in [5, 5.41) is 3.47. The van der Waals surface area contributed by atoms with E-state index in [4.69, 9.17) is 23.2 Å². The van der Waals surface area contributed by atoms with Gasteiger partial charge >= 0.3 is 0 Å². The Bertz CT molecular complexity index is 668. The number of halogens is 2. The van der Waals surface area contributed by atoms with Crippen molar-refractivity contribution in [3.63, 3.8) is 0 Å². The summed E-state index contributed by atoms with van der Waals surface area (Å²) in [5.41, 5.74) is 0.261. The van der Waals surface area contributed by atoms with E-state index in [0.29, 0.717) is 10.0 Å². The van der Waals surface area contributed by atoms with Gasteiger partial charge in [0.05, 0.1) is 5.02 Å². The van der Waals surface area contributed by atoms with Gasteiger partial charge in [0.25, 0.3) is 11.5 Å². The molecule has 98 valence electrons. The second kappa shape index (κ2) is 5.91. The Morgan fingerprint density at radius 2 is 2.00 bits per heavy atom. The van der Waals surface area contributed by atoms with E-state index in [1.807, 2.05) is 6.07 Å². The van der Waals surface area contributed by atoms with Crippen LogP contribution in [0.25, 0.3) is 0 Å². The molecule has 0 atom stereocenters. The van der Waals surface area contributed by atoms with Crippen LogP contribution >= 0.6 is 23.2 Å². The van der Waals surface area contributed by atoms with Crippen molar-refractivity contribution in [1.82, 2.24) is 10.3 Å². The summed E-state index contributed by atoms with van der Waals surface area (Å²) >= 11 is 11.7.